The number of unbranched alkanes of at least 4 members (excludes halogenated alkanes) is 1. The van der Waals surface area contributed by atoms with Gasteiger partial charge in [0.2, 0.25) is 0 Å². The van der Waals surface area contributed by atoms with Gasteiger partial charge in [-0.25, -0.2) is 0 Å². The molecule has 1 unspecified atom stereocenters. The Bertz CT molecular complexity index is 422. The minimum absolute atomic E-state index is 0.237. The van der Waals surface area contributed by atoms with Gasteiger partial charge in [0.05, 0.1) is 6.61 Å². The Morgan fingerprint density at radius 2 is 1.95 bits per heavy atom. The smallest absolute Gasteiger partial charge is 0.125 e. The van der Waals surface area contributed by atoms with Crippen molar-refractivity contribution in [3.8, 4) is 18.1 Å². The number of nitrogens with two attached hydrogens (primary N) is 1. The molecule has 0 bridgehead atoms. The van der Waals surface area contributed by atoms with E-state index in [0.29, 0.717) is 6.61 Å². The number of rotatable bonds is 7. The van der Waals surface area contributed by atoms with Gasteiger partial charge in [-0.05, 0) is 49.8 Å². The lowest BCUT2D eigenvalue weighted by atomic mass is 9.99. The summed E-state index contributed by atoms with van der Waals surface area (Å²) in [6.07, 6.45) is 8.82. The zero-order chi connectivity index (χ0) is 14.3. The molecule has 1 rings (SSSR count). The first-order valence-corrected chi connectivity index (χ1v) is 7.00. The highest BCUT2D eigenvalue weighted by Crippen LogP contribution is 2.25. The minimum atomic E-state index is 0.237. The lowest BCUT2D eigenvalue weighted by molar-refractivity contribution is 0.308. The second-order valence-electron chi connectivity index (χ2n) is 5.09. The summed E-state index contributed by atoms with van der Waals surface area (Å²) >= 11 is 0. The van der Waals surface area contributed by atoms with E-state index in [-0.39, 0.29) is 6.04 Å². The number of terminal acetylenes is 1. The first-order valence-electron chi connectivity index (χ1n) is 7.00. The molecule has 2 nitrogen and oxygen atoms in total. The van der Waals surface area contributed by atoms with Gasteiger partial charge in [-0.1, -0.05) is 19.1 Å². The average molecular weight is 259 g/mol. The Kier molecular flexibility index (Phi) is 6.45. The summed E-state index contributed by atoms with van der Waals surface area (Å²) in [4.78, 5) is 0. The Balaban J connectivity index is 2.71. The van der Waals surface area contributed by atoms with E-state index in [2.05, 4.69) is 38.8 Å². The summed E-state index contributed by atoms with van der Waals surface area (Å²) < 4.78 is 5.83. The molecule has 2 heteroatoms. The maximum atomic E-state index is 6.01. The predicted molar refractivity (Wildman–Crippen MR) is 81.4 cm³/mol. The van der Waals surface area contributed by atoms with Gasteiger partial charge < -0.3 is 10.5 Å². The minimum Gasteiger partial charge on any atom is -0.493 e. The summed E-state index contributed by atoms with van der Waals surface area (Å²) in [5.41, 5.74) is 9.66. The zero-order valence-electron chi connectivity index (χ0n) is 12.3. The standard InChI is InChI=1S/C17H25NO/c1-5-7-8-9-19-17-13(3)10-15(11-14(17)4)12-16(18)6-2/h1,10-11,16H,6-9,12,18H2,2-4H3. The van der Waals surface area contributed by atoms with E-state index in [1.54, 1.807) is 0 Å². The summed E-state index contributed by atoms with van der Waals surface area (Å²) in [5.74, 6) is 3.62. The van der Waals surface area contributed by atoms with Gasteiger partial charge in [0, 0.05) is 12.5 Å². The van der Waals surface area contributed by atoms with Crippen molar-refractivity contribution in [2.75, 3.05) is 6.61 Å². The first-order chi connectivity index (χ1) is 9.08. The quantitative estimate of drug-likeness (QED) is 0.602. The molecule has 0 fully saturated rings. The van der Waals surface area contributed by atoms with Crippen LogP contribution in [0.5, 0.6) is 5.75 Å². The van der Waals surface area contributed by atoms with Crippen LogP contribution in [0.2, 0.25) is 0 Å². The zero-order valence-corrected chi connectivity index (χ0v) is 12.3. The fourth-order valence-corrected chi connectivity index (χ4v) is 2.18. The van der Waals surface area contributed by atoms with Crippen molar-refractivity contribution in [3.05, 3.63) is 28.8 Å². The fraction of sp³-hybridized carbons (Fsp3) is 0.529. The van der Waals surface area contributed by atoms with E-state index >= 15 is 0 Å². The Morgan fingerprint density at radius 3 is 2.47 bits per heavy atom. The molecule has 104 valence electrons. The highest BCUT2D eigenvalue weighted by atomic mass is 16.5. The Morgan fingerprint density at radius 1 is 1.32 bits per heavy atom. The first kappa shape index (κ1) is 15.6. The fourth-order valence-electron chi connectivity index (χ4n) is 2.18. The van der Waals surface area contributed by atoms with E-state index in [9.17, 15) is 0 Å². The van der Waals surface area contributed by atoms with Crippen molar-refractivity contribution in [2.24, 2.45) is 5.73 Å². The third-order valence-electron chi connectivity index (χ3n) is 3.25. The van der Waals surface area contributed by atoms with Crippen molar-refractivity contribution in [3.63, 3.8) is 0 Å². The van der Waals surface area contributed by atoms with Crippen molar-refractivity contribution in [2.45, 2.75) is 52.5 Å². The molecule has 0 amide bonds. The number of benzene rings is 1. The van der Waals surface area contributed by atoms with Gasteiger partial charge >= 0.3 is 0 Å². The van der Waals surface area contributed by atoms with Crippen molar-refractivity contribution < 1.29 is 4.74 Å². The molecule has 1 aromatic rings. The normalized spacial score (nSPS) is 11.9. The molecule has 1 aromatic carbocycles. The molecular weight excluding hydrogens is 234 g/mol. The predicted octanol–water partition coefficient (Wildman–Crippen LogP) is 3.38. The molecule has 0 saturated carbocycles. The second-order valence-corrected chi connectivity index (χ2v) is 5.09. The number of ether oxygens (including phenoxy) is 1. The van der Waals surface area contributed by atoms with Crippen molar-refractivity contribution in [1.29, 1.82) is 0 Å². The van der Waals surface area contributed by atoms with Crippen molar-refractivity contribution in [1.82, 2.24) is 0 Å². The molecule has 0 aliphatic heterocycles. The Hall–Kier alpha value is -1.46. The topological polar surface area (TPSA) is 35.2 Å². The van der Waals surface area contributed by atoms with Crippen LogP contribution in [0.15, 0.2) is 12.1 Å². The summed E-state index contributed by atoms with van der Waals surface area (Å²) in [6, 6.07) is 4.60. The molecular formula is C17H25NO. The van der Waals surface area contributed by atoms with Crippen LogP contribution < -0.4 is 10.5 Å². The van der Waals surface area contributed by atoms with Crippen LogP contribution in [-0.2, 0) is 6.42 Å². The SMILES string of the molecule is C#CCCCOc1c(C)cc(CC(N)CC)cc1C. The number of hydrogen-bond acceptors (Lipinski definition) is 2. The van der Waals surface area contributed by atoms with Crippen LogP contribution in [0.3, 0.4) is 0 Å². The van der Waals surface area contributed by atoms with Gasteiger partial charge in [0.15, 0.2) is 0 Å². The van der Waals surface area contributed by atoms with E-state index in [0.717, 1.165) is 31.4 Å². The molecule has 0 saturated heterocycles. The Labute approximate surface area is 117 Å². The average Bonchev–Trinajstić information content (AvgIpc) is 2.37. The van der Waals surface area contributed by atoms with E-state index in [1.165, 1.54) is 16.7 Å². The van der Waals surface area contributed by atoms with Crippen LogP contribution in [0, 0.1) is 26.2 Å². The van der Waals surface area contributed by atoms with Gasteiger partial charge in [-0.3, -0.25) is 0 Å². The van der Waals surface area contributed by atoms with Gasteiger partial charge in [-0.15, -0.1) is 12.3 Å². The van der Waals surface area contributed by atoms with Gasteiger partial charge in [0.25, 0.3) is 0 Å². The van der Waals surface area contributed by atoms with Gasteiger partial charge in [0.1, 0.15) is 5.75 Å². The van der Waals surface area contributed by atoms with Crippen LogP contribution in [-0.4, -0.2) is 12.6 Å². The highest BCUT2D eigenvalue weighted by molar-refractivity contribution is 5.43. The second kappa shape index (κ2) is 7.86. The van der Waals surface area contributed by atoms with E-state index in [4.69, 9.17) is 16.9 Å². The number of aryl methyl sites for hydroxylation is 2. The molecule has 0 radical (unpaired) electrons. The molecule has 19 heavy (non-hydrogen) atoms. The van der Waals surface area contributed by atoms with Crippen molar-refractivity contribution >= 4 is 0 Å². The maximum absolute atomic E-state index is 6.01. The van der Waals surface area contributed by atoms with E-state index in [1.807, 2.05) is 0 Å². The summed E-state index contributed by atoms with van der Waals surface area (Å²) in [5, 5.41) is 0. The van der Waals surface area contributed by atoms with Crippen LogP contribution >= 0.6 is 0 Å². The summed E-state index contributed by atoms with van der Waals surface area (Å²) in [6.45, 7) is 6.97. The van der Waals surface area contributed by atoms with E-state index < -0.39 is 0 Å². The number of hydrogen-bond donors (Lipinski definition) is 1. The largest absolute Gasteiger partial charge is 0.493 e. The third kappa shape index (κ3) is 4.96. The molecule has 2 N–H and O–H groups in total. The van der Waals surface area contributed by atoms with Crippen LogP contribution in [0.1, 0.15) is 42.9 Å². The molecule has 0 heterocycles. The lowest BCUT2D eigenvalue weighted by Gasteiger charge is -2.15. The molecule has 1 atom stereocenters. The lowest BCUT2D eigenvalue weighted by Crippen LogP contribution is -2.21. The van der Waals surface area contributed by atoms with Gasteiger partial charge in [-0.2, -0.15) is 0 Å². The molecule has 0 aliphatic rings. The molecule has 0 aliphatic carbocycles. The maximum Gasteiger partial charge on any atom is 0.125 e. The third-order valence-corrected chi connectivity index (χ3v) is 3.25. The van der Waals surface area contributed by atoms with Crippen LogP contribution in [0.4, 0.5) is 0 Å². The monoisotopic (exact) mass is 259 g/mol. The molecule has 0 aromatic heterocycles. The summed E-state index contributed by atoms with van der Waals surface area (Å²) in [7, 11) is 0. The molecule has 0 spiro atoms. The highest BCUT2D eigenvalue weighted by Gasteiger charge is 2.08. The van der Waals surface area contributed by atoms with Crippen LogP contribution in [0.25, 0.3) is 0 Å².